The summed E-state index contributed by atoms with van der Waals surface area (Å²) in [6, 6.07) is 0. The van der Waals surface area contributed by atoms with E-state index in [0.717, 1.165) is 12.8 Å². The second-order valence-electron chi connectivity index (χ2n) is 3.00. The number of carbonyl (C=O) groups is 1. The van der Waals surface area contributed by atoms with Crippen molar-refractivity contribution in [2.45, 2.75) is 46.1 Å². The van der Waals surface area contributed by atoms with E-state index in [1.807, 2.05) is 13.8 Å². The van der Waals surface area contributed by atoms with Crippen molar-refractivity contribution in [1.82, 2.24) is 0 Å². The highest BCUT2D eigenvalue weighted by Gasteiger charge is 2.02. The maximum atomic E-state index is 10.9. The van der Waals surface area contributed by atoms with Crippen LogP contribution in [0.1, 0.15) is 40.0 Å². The Labute approximate surface area is 80.4 Å². The van der Waals surface area contributed by atoms with Crippen molar-refractivity contribution in [2.75, 3.05) is 13.2 Å². The van der Waals surface area contributed by atoms with Gasteiger partial charge in [0.15, 0.2) is 0 Å². The van der Waals surface area contributed by atoms with Gasteiger partial charge in [-0.2, -0.15) is 0 Å². The van der Waals surface area contributed by atoms with Crippen molar-refractivity contribution in [1.29, 1.82) is 0 Å². The topological polar surface area (TPSA) is 35.5 Å². The molecule has 3 heteroatoms. The van der Waals surface area contributed by atoms with E-state index in [4.69, 9.17) is 9.47 Å². The summed E-state index contributed by atoms with van der Waals surface area (Å²) in [5, 5.41) is 0. The summed E-state index contributed by atoms with van der Waals surface area (Å²) in [7, 11) is 0. The Morgan fingerprint density at radius 3 is 2.62 bits per heavy atom. The molecule has 0 aliphatic heterocycles. The van der Waals surface area contributed by atoms with Crippen LogP contribution in [-0.4, -0.2) is 25.3 Å². The molecule has 0 heterocycles. The lowest BCUT2D eigenvalue weighted by Gasteiger charge is -2.09. The standard InChI is InChI=1S/C10H20O3/c1-4-9(3)13-8-6-7-10(11)12-5-2/h9H,4-8H2,1-3H3. The molecule has 0 saturated carbocycles. The molecule has 0 aliphatic rings. The normalized spacial score (nSPS) is 12.5. The Balaban J connectivity index is 3.20. The van der Waals surface area contributed by atoms with Gasteiger partial charge in [-0.1, -0.05) is 6.92 Å². The molecule has 0 aromatic carbocycles. The van der Waals surface area contributed by atoms with Crippen LogP contribution in [0.5, 0.6) is 0 Å². The molecule has 0 N–H and O–H groups in total. The van der Waals surface area contributed by atoms with E-state index in [9.17, 15) is 4.79 Å². The molecular formula is C10H20O3. The molecule has 0 radical (unpaired) electrons. The highest BCUT2D eigenvalue weighted by molar-refractivity contribution is 5.69. The first-order valence-electron chi connectivity index (χ1n) is 4.97. The van der Waals surface area contributed by atoms with Crippen LogP contribution in [0, 0.1) is 0 Å². The van der Waals surface area contributed by atoms with Crippen molar-refractivity contribution in [2.24, 2.45) is 0 Å². The predicted octanol–water partition coefficient (Wildman–Crippen LogP) is 2.14. The first-order chi connectivity index (χ1) is 6.20. The van der Waals surface area contributed by atoms with Crippen molar-refractivity contribution in [3.8, 4) is 0 Å². The first kappa shape index (κ1) is 12.4. The fourth-order valence-corrected chi connectivity index (χ4v) is 0.852. The van der Waals surface area contributed by atoms with Crippen LogP contribution in [0.15, 0.2) is 0 Å². The molecule has 1 unspecified atom stereocenters. The summed E-state index contributed by atoms with van der Waals surface area (Å²) in [5.41, 5.74) is 0. The molecule has 0 amide bonds. The van der Waals surface area contributed by atoms with Gasteiger partial charge < -0.3 is 9.47 Å². The molecule has 0 aromatic heterocycles. The van der Waals surface area contributed by atoms with Gasteiger partial charge in [-0.25, -0.2) is 0 Å². The fourth-order valence-electron chi connectivity index (χ4n) is 0.852. The minimum atomic E-state index is -0.129. The third-order valence-electron chi connectivity index (χ3n) is 1.81. The maximum absolute atomic E-state index is 10.9. The van der Waals surface area contributed by atoms with Gasteiger partial charge >= 0.3 is 5.97 Å². The Kier molecular flexibility index (Phi) is 7.69. The molecule has 78 valence electrons. The lowest BCUT2D eigenvalue weighted by atomic mass is 10.3. The largest absolute Gasteiger partial charge is 0.466 e. The smallest absolute Gasteiger partial charge is 0.305 e. The Morgan fingerprint density at radius 2 is 2.08 bits per heavy atom. The van der Waals surface area contributed by atoms with Crippen LogP contribution in [-0.2, 0) is 14.3 Å². The van der Waals surface area contributed by atoms with E-state index < -0.39 is 0 Å². The number of hydrogen-bond acceptors (Lipinski definition) is 3. The SMILES string of the molecule is CCOC(=O)CCCOC(C)CC. The molecule has 0 rings (SSSR count). The maximum Gasteiger partial charge on any atom is 0.305 e. The number of rotatable bonds is 7. The summed E-state index contributed by atoms with van der Waals surface area (Å²) in [4.78, 5) is 10.9. The molecule has 0 aromatic rings. The van der Waals surface area contributed by atoms with Crippen LogP contribution >= 0.6 is 0 Å². The zero-order valence-electron chi connectivity index (χ0n) is 8.84. The van der Waals surface area contributed by atoms with Crippen LogP contribution in [0.3, 0.4) is 0 Å². The highest BCUT2D eigenvalue weighted by Crippen LogP contribution is 1.99. The second-order valence-corrected chi connectivity index (χ2v) is 3.00. The van der Waals surface area contributed by atoms with Crippen molar-refractivity contribution < 1.29 is 14.3 Å². The van der Waals surface area contributed by atoms with Gasteiger partial charge in [0.25, 0.3) is 0 Å². The molecular weight excluding hydrogens is 168 g/mol. The van der Waals surface area contributed by atoms with E-state index in [1.54, 1.807) is 0 Å². The fraction of sp³-hybridized carbons (Fsp3) is 0.900. The summed E-state index contributed by atoms with van der Waals surface area (Å²) < 4.78 is 10.2. The molecule has 1 atom stereocenters. The minimum Gasteiger partial charge on any atom is -0.466 e. The van der Waals surface area contributed by atoms with Gasteiger partial charge in [0.1, 0.15) is 0 Å². The van der Waals surface area contributed by atoms with Crippen LogP contribution in [0.4, 0.5) is 0 Å². The van der Waals surface area contributed by atoms with Crippen LogP contribution in [0.2, 0.25) is 0 Å². The second kappa shape index (κ2) is 8.05. The van der Waals surface area contributed by atoms with E-state index in [-0.39, 0.29) is 5.97 Å². The van der Waals surface area contributed by atoms with Crippen LogP contribution < -0.4 is 0 Å². The van der Waals surface area contributed by atoms with E-state index in [2.05, 4.69) is 6.92 Å². The minimum absolute atomic E-state index is 0.129. The number of ether oxygens (including phenoxy) is 2. The first-order valence-corrected chi connectivity index (χ1v) is 4.97. The van der Waals surface area contributed by atoms with Gasteiger partial charge in [0, 0.05) is 13.0 Å². The molecule has 0 saturated heterocycles. The molecule has 0 spiro atoms. The number of esters is 1. The third kappa shape index (κ3) is 7.78. The molecule has 0 aliphatic carbocycles. The molecule has 13 heavy (non-hydrogen) atoms. The average Bonchev–Trinajstić information content (AvgIpc) is 2.12. The van der Waals surface area contributed by atoms with E-state index in [1.165, 1.54) is 0 Å². The summed E-state index contributed by atoms with van der Waals surface area (Å²) in [5.74, 6) is -0.129. The molecule has 3 nitrogen and oxygen atoms in total. The lowest BCUT2D eigenvalue weighted by Crippen LogP contribution is -2.10. The summed E-state index contributed by atoms with van der Waals surface area (Å²) in [6.45, 7) is 7.03. The zero-order valence-corrected chi connectivity index (χ0v) is 8.84. The highest BCUT2D eigenvalue weighted by atomic mass is 16.5. The van der Waals surface area contributed by atoms with Gasteiger partial charge in [-0.3, -0.25) is 4.79 Å². The van der Waals surface area contributed by atoms with Gasteiger partial charge in [0.2, 0.25) is 0 Å². The zero-order chi connectivity index (χ0) is 10.1. The Hall–Kier alpha value is -0.570. The Bertz CT molecular complexity index is 134. The quantitative estimate of drug-likeness (QED) is 0.453. The molecule has 0 bridgehead atoms. The van der Waals surface area contributed by atoms with Gasteiger partial charge in [0.05, 0.1) is 12.7 Å². The monoisotopic (exact) mass is 188 g/mol. The predicted molar refractivity (Wildman–Crippen MR) is 51.6 cm³/mol. The number of carbonyl (C=O) groups excluding carboxylic acids is 1. The average molecular weight is 188 g/mol. The lowest BCUT2D eigenvalue weighted by molar-refractivity contribution is -0.143. The number of hydrogen-bond donors (Lipinski definition) is 0. The Morgan fingerprint density at radius 1 is 1.38 bits per heavy atom. The molecule has 0 fully saturated rings. The van der Waals surface area contributed by atoms with Crippen LogP contribution in [0.25, 0.3) is 0 Å². The summed E-state index contributed by atoms with van der Waals surface area (Å²) >= 11 is 0. The van der Waals surface area contributed by atoms with E-state index >= 15 is 0 Å². The van der Waals surface area contributed by atoms with Gasteiger partial charge in [-0.05, 0) is 26.7 Å². The van der Waals surface area contributed by atoms with Crippen molar-refractivity contribution >= 4 is 5.97 Å². The van der Waals surface area contributed by atoms with Gasteiger partial charge in [-0.15, -0.1) is 0 Å². The third-order valence-corrected chi connectivity index (χ3v) is 1.81. The van der Waals surface area contributed by atoms with Crippen molar-refractivity contribution in [3.05, 3.63) is 0 Å². The van der Waals surface area contributed by atoms with E-state index in [0.29, 0.717) is 25.7 Å². The van der Waals surface area contributed by atoms with Crippen molar-refractivity contribution in [3.63, 3.8) is 0 Å². The summed E-state index contributed by atoms with van der Waals surface area (Å²) in [6.07, 6.45) is 2.52.